The van der Waals surface area contributed by atoms with Gasteiger partial charge in [-0.05, 0) is 18.6 Å². The minimum atomic E-state index is -0.510. The zero-order valence-corrected chi connectivity index (χ0v) is 12.0. The van der Waals surface area contributed by atoms with Gasteiger partial charge in [-0.1, -0.05) is 18.2 Å². The molecule has 1 aromatic rings. The third-order valence-corrected chi connectivity index (χ3v) is 3.51. The number of hydrogen-bond donors (Lipinski definition) is 2. The average Bonchev–Trinajstić information content (AvgIpc) is 2.40. The van der Waals surface area contributed by atoms with Crippen molar-refractivity contribution in [2.75, 3.05) is 26.0 Å². The third kappa shape index (κ3) is 7.87. The first-order valence-electron chi connectivity index (χ1n) is 6.34. The molecule has 2 N–H and O–H groups in total. The Morgan fingerprint density at radius 3 is 2.84 bits per heavy atom. The molecular weight excluding hydrogens is 262 g/mol. The molecule has 0 aromatic heterocycles. The number of aliphatic hydroxyl groups is 1. The van der Waals surface area contributed by atoms with E-state index in [1.54, 1.807) is 18.9 Å². The van der Waals surface area contributed by atoms with Crippen LogP contribution in [-0.2, 0) is 9.53 Å². The second-order valence-corrected chi connectivity index (χ2v) is 5.33. The van der Waals surface area contributed by atoms with Crippen LogP contribution >= 0.6 is 11.8 Å². The summed E-state index contributed by atoms with van der Waals surface area (Å²) in [5.41, 5.74) is 0. The van der Waals surface area contributed by atoms with Crippen LogP contribution in [0.15, 0.2) is 35.2 Å². The van der Waals surface area contributed by atoms with E-state index >= 15 is 0 Å². The predicted octanol–water partition coefficient (Wildman–Crippen LogP) is 1.68. The zero-order chi connectivity index (χ0) is 13.9. The number of rotatable bonds is 9. The quantitative estimate of drug-likeness (QED) is 0.677. The molecule has 0 radical (unpaired) electrons. The Balaban J connectivity index is 2.05. The number of nitrogens with one attached hydrogen (secondary N) is 1. The number of amides is 1. The summed E-state index contributed by atoms with van der Waals surface area (Å²) in [5.74, 6) is 0.782. The standard InChI is InChI=1S/C14H21NO3S/c1-18-11-12(16)7-9-15-14(17)8-10-19-13-5-3-2-4-6-13/h2-6,12,16H,7-11H2,1H3,(H,15,17). The lowest BCUT2D eigenvalue weighted by Crippen LogP contribution is -2.28. The molecule has 1 amide bonds. The van der Waals surface area contributed by atoms with E-state index in [1.165, 1.54) is 4.90 Å². The summed E-state index contributed by atoms with van der Waals surface area (Å²) in [6.07, 6.45) is 0.495. The number of carbonyl (C=O) groups excluding carboxylic acids is 1. The van der Waals surface area contributed by atoms with Crippen molar-refractivity contribution in [1.29, 1.82) is 0 Å². The molecule has 106 valence electrons. The first-order chi connectivity index (χ1) is 9.22. The van der Waals surface area contributed by atoms with E-state index in [1.807, 2.05) is 30.3 Å². The fourth-order valence-electron chi connectivity index (χ4n) is 1.52. The lowest BCUT2D eigenvalue weighted by Gasteiger charge is -2.10. The van der Waals surface area contributed by atoms with Gasteiger partial charge < -0.3 is 15.2 Å². The minimum absolute atomic E-state index is 0.0213. The molecule has 1 atom stereocenters. The van der Waals surface area contributed by atoms with Gasteiger partial charge >= 0.3 is 0 Å². The summed E-state index contributed by atoms with van der Waals surface area (Å²) in [6.45, 7) is 0.791. The molecule has 0 bridgehead atoms. The van der Waals surface area contributed by atoms with Gasteiger partial charge in [0.2, 0.25) is 5.91 Å². The molecule has 5 heteroatoms. The van der Waals surface area contributed by atoms with Crippen LogP contribution in [0.5, 0.6) is 0 Å². The summed E-state index contributed by atoms with van der Waals surface area (Å²) in [7, 11) is 1.54. The van der Waals surface area contributed by atoms with Gasteiger partial charge in [-0.2, -0.15) is 0 Å². The largest absolute Gasteiger partial charge is 0.391 e. The van der Waals surface area contributed by atoms with Gasteiger partial charge in [-0.3, -0.25) is 4.79 Å². The van der Waals surface area contributed by atoms with E-state index in [2.05, 4.69) is 5.32 Å². The van der Waals surface area contributed by atoms with Gasteiger partial charge in [0.15, 0.2) is 0 Å². The summed E-state index contributed by atoms with van der Waals surface area (Å²) in [6, 6.07) is 10.0. The van der Waals surface area contributed by atoms with Gasteiger partial charge in [0.25, 0.3) is 0 Å². The average molecular weight is 283 g/mol. The Bertz CT molecular complexity index is 359. The first kappa shape index (κ1) is 16.0. The topological polar surface area (TPSA) is 58.6 Å². The molecule has 0 heterocycles. The SMILES string of the molecule is COCC(O)CCNC(=O)CCSc1ccccc1. The number of benzene rings is 1. The van der Waals surface area contributed by atoms with Crippen molar-refractivity contribution in [2.45, 2.75) is 23.8 Å². The maximum absolute atomic E-state index is 11.5. The molecule has 1 rings (SSSR count). The van der Waals surface area contributed by atoms with Crippen LogP contribution in [0.25, 0.3) is 0 Å². The van der Waals surface area contributed by atoms with Crippen LogP contribution < -0.4 is 5.32 Å². The van der Waals surface area contributed by atoms with Crippen LogP contribution in [0, 0.1) is 0 Å². The monoisotopic (exact) mass is 283 g/mol. The lowest BCUT2D eigenvalue weighted by atomic mass is 10.2. The number of carbonyl (C=O) groups is 1. The van der Waals surface area contributed by atoms with Crippen molar-refractivity contribution in [1.82, 2.24) is 5.32 Å². The van der Waals surface area contributed by atoms with Crippen molar-refractivity contribution in [2.24, 2.45) is 0 Å². The third-order valence-electron chi connectivity index (χ3n) is 2.50. The van der Waals surface area contributed by atoms with Crippen molar-refractivity contribution < 1.29 is 14.6 Å². The van der Waals surface area contributed by atoms with Crippen LogP contribution in [-0.4, -0.2) is 43.1 Å². The summed E-state index contributed by atoms with van der Waals surface area (Å²) in [4.78, 5) is 12.7. The minimum Gasteiger partial charge on any atom is -0.391 e. The second kappa shape index (κ2) is 9.83. The number of methoxy groups -OCH3 is 1. The highest BCUT2D eigenvalue weighted by molar-refractivity contribution is 7.99. The molecule has 0 aliphatic carbocycles. The van der Waals surface area contributed by atoms with E-state index in [4.69, 9.17) is 4.74 Å². The van der Waals surface area contributed by atoms with Gasteiger partial charge in [0.05, 0.1) is 12.7 Å². The van der Waals surface area contributed by atoms with E-state index in [9.17, 15) is 9.90 Å². The highest BCUT2D eigenvalue weighted by Crippen LogP contribution is 2.17. The van der Waals surface area contributed by atoms with Gasteiger partial charge in [-0.15, -0.1) is 11.8 Å². The maximum atomic E-state index is 11.5. The molecule has 4 nitrogen and oxygen atoms in total. The Morgan fingerprint density at radius 1 is 1.42 bits per heavy atom. The Hall–Kier alpha value is -1.04. The molecule has 0 spiro atoms. The number of thioether (sulfide) groups is 1. The molecule has 0 saturated heterocycles. The molecule has 1 unspecified atom stereocenters. The molecule has 1 aromatic carbocycles. The fraction of sp³-hybridized carbons (Fsp3) is 0.500. The Kier molecular flexibility index (Phi) is 8.29. The van der Waals surface area contributed by atoms with Crippen LogP contribution in [0.3, 0.4) is 0 Å². The van der Waals surface area contributed by atoms with Crippen LogP contribution in [0.4, 0.5) is 0 Å². The number of ether oxygens (including phenoxy) is 1. The highest BCUT2D eigenvalue weighted by Gasteiger charge is 2.05. The van der Waals surface area contributed by atoms with Gasteiger partial charge in [0, 0.05) is 30.7 Å². The molecule has 0 aliphatic rings. The molecule has 19 heavy (non-hydrogen) atoms. The summed E-state index contributed by atoms with van der Waals surface area (Å²) < 4.78 is 4.81. The molecule has 0 fully saturated rings. The van der Waals surface area contributed by atoms with E-state index < -0.39 is 6.10 Å². The van der Waals surface area contributed by atoms with Crippen LogP contribution in [0.1, 0.15) is 12.8 Å². The number of aliphatic hydroxyl groups excluding tert-OH is 1. The van der Waals surface area contributed by atoms with Gasteiger partial charge in [-0.25, -0.2) is 0 Å². The Labute approximate surface area is 118 Å². The molecule has 0 aliphatic heterocycles. The van der Waals surface area contributed by atoms with E-state index in [0.717, 1.165) is 5.75 Å². The predicted molar refractivity (Wildman–Crippen MR) is 77.3 cm³/mol. The van der Waals surface area contributed by atoms with Crippen molar-refractivity contribution in [3.8, 4) is 0 Å². The molecule has 0 saturated carbocycles. The van der Waals surface area contributed by atoms with Crippen molar-refractivity contribution >= 4 is 17.7 Å². The van der Waals surface area contributed by atoms with Crippen molar-refractivity contribution in [3.63, 3.8) is 0 Å². The summed E-state index contributed by atoms with van der Waals surface area (Å²) in [5, 5.41) is 12.2. The summed E-state index contributed by atoms with van der Waals surface area (Å²) >= 11 is 1.67. The van der Waals surface area contributed by atoms with Gasteiger partial charge in [0.1, 0.15) is 0 Å². The Morgan fingerprint density at radius 2 is 2.16 bits per heavy atom. The highest BCUT2D eigenvalue weighted by atomic mass is 32.2. The number of hydrogen-bond acceptors (Lipinski definition) is 4. The van der Waals surface area contributed by atoms with Crippen LogP contribution in [0.2, 0.25) is 0 Å². The second-order valence-electron chi connectivity index (χ2n) is 4.16. The van der Waals surface area contributed by atoms with E-state index in [-0.39, 0.29) is 5.91 Å². The zero-order valence-electron chi connectivity index (χ0n) is 11.2. The fourth-order valence-corrected chi connectivity index (χ4v) is 2.39. The maximum Gasteiger partial charge on any atom is 0.220 e. The van der Waals surface area contributed by atoms with E-state index in [0.29, 0.717) is 26.0 Å². The molecular formula is C14H21NO3S. The van der Waals surface area contributed by atoms with Crippen molar-refractivity contribution in [3.05, 3.63) is 30.3 Å². The smallest absolute Gasteiger partial charge is 0.220 e. The lowest BCUT2D eigenvalue weighted by molar-refractivity contribution is -0.120. The first-order valence-corrected chi connectivity index (χ1v) is 7.32. The normalized spacial score (nSPS) is 12.1.